The number of piperidine rings is 1. The van der Waals surface area contributed by atoms with Gasteiger partial charge in [-0.1, -0.05) is 19.9 Å². The number of aryl methyl sites for hydroxylation is 1. The highest BCUT2D eigenvalue weighted by Gasteiger charge is 2.31. The Labute approximate surface area is 134 Å². The van der Waals surface area contributed by atoms with E-state index in [0.29, 0.717) is 0 Å². The monoisotopic (exact) mass is 304 g/mol. The molecule has 0 radical (unpaired) electrons. The van der Waals surface area contributed by atoms with Crippen LogP contribution in [0.15, 0.2) is 18.2 Å². The zero-order valence-corrected chi connectivity index (χ0v) is 14.2. The Balaban J connectivity index is 1.47. The normalized spacial score (nSPS) is 21.4. The Bertz CT molecular complexity index is 500. The van der Waals surface area contributed by atoms with Gasteiger partial charge in [0.15, 0.2) is 0 Å². The highest BCUT2D eigenvalue weighted by molar-refractivity contribution is 5.49. The third-order valence-corrected chi connectivity index (χ3v) is 5.50. The maximum absolute atomic E-state index is 14.1. The molecule has 0 bridgehead atoms. The second kappa shape index (κ2) is 6.57. The molecule has 0 saturated carbocycles. The van der Waals surface area contributed by atoms with Gasteiger partial charge in [-0.3, -0.25) is 0 Å². The first-order valence-corrected chi connectivity index (χ1v) is 8.76. The van der Waals surface area contributed by atoms with Gasteiger partial charge in [-0.25, -0.2) is 4.39 Å². The molecule has 0 atom stereocenters. The molecule has 3 heteroatoms. The molecule has 1 aromatic rings. The van der Waals surface area contributed by atoms with Crippen LogP contribution in [0.25, 0.3) is 0 Å². The fraction of sp³-hybridized carbons (Fsp3) is 0.684. The molecule has 2 heterocycles. The van der Waals surface area contributed by atoms with Crippen molar-refractivity contribution in [3.63, 3.8) is 0 Å². The van der Waals surface area contributed by atoms with Gasteiger partial charge in [0.2, 0.25) is 0 Å². The van der Waals surface area contributed by atoms with Crippen LogP contribution < -0.4 is 4.90 Å². The van der Waals surface area contributed by atoms with E-state index in [4.69, 9.17) is 0 Å². The van der Waals surface area contributed by atoms with Crippen molar-refractivity contribution in [2.45, 2.75) is 33.6 Å². The summed E-state index contributed by atoms with van der Waals surface area (Å²) in [5.74, 6) is 2.45. The lowest BCUT2D eigenvalue weighted by Crippen LogP contribution is -2.51. The van der Waals surface area contributed by atoms with E-state index in [2.05, 4.69) is 23.6 Å². The molecule has 2 saturated heterocycles. The number of hydrogen-bond donors (Lipinski definition) is 0. The standard InChI is InChI=1S/C19H29FN2/c1-14(2)17-12-21(13-17)11-16-6-8-22(9-7-16)19-5-4-15(3)10-18(19)20/h4-5,10,14,16-17H,6-9,11-13H2,1-3H3. The number of benzene rings is 1. The van der Waals surface area contributed by atoms with Crippen LogP contribution in [0.2, 0.25) is 0 Å². The highest BCUT2D eigenvalue weighted by Crippen LogP contribution is 2.29. The Morgan fingerprint density at radius 2 is 1.86 bits per heavy atom. The Kier molecular flexibility index (Phi) is 4.72. The molecule has 22 heavy (non-hydrogen) atoms. The van der Waals surface area contributed by atoms with Gasteiger partial charge in [0, 0.05) is 32.7 Å². The summed E-state index contributed by atoms with van der Waals surface area (Å²) < 4.78 is 14.1. The first-order chi connectivity index (χ1) is 10.5. The average molecular weight is 304 g/mol. The van der Waals surface area contributed by atoms with E-state index in [1.165, 1.54) is 32.5 Å². The molecular formula is C19H29FN2. The predicted molar refractivity (Wildman–Crippen MR) is 90.8 cm³/mol. The summed E-state index contributed by atoms with van der Waals surface area (Å²) in [6.07, 6.45) is 2.38. The van der Waals surface area contributed by atoms with Crippen LogP contribution in [0.4, 0.5) is 10.1 Å². The molecule has 2 nitrogen and oxygen atoms in total. The van der Waals surface area contributed by atoms with Crippen molar-refractivity contribution in [3.05, 3.63) is 29.6 Å². The summed E-state index contributed by atoms with van der Waals surface area (Å²) in [5.41, 5.74) is 1.78. The number of halogens is 1. The van der Waals surface area contributed by atoms with Crippen LogP contribution in [0.3, 0.4) is 0 Å². The first kappa shape index (κ1) is 15.8. The van der Waals surface area contributed by atoms with E-state index in [9.17, 15) is 4.39 Å². The molecule has 2 fully saturated rings. The molecular weight excluding hydrogens is 275 g/mol. The second-order valence-corrected chi connectivity index (χ2v) is 7.61. The van der Waals surface area contributed by atoms with Crippen LogP contribution in [0, 0.1) is 30.5 Å². The lowest BCUT2D eigenvalue weighted by molar-refractivity contribution is 0.0494. The van der Waals surface area contributed by atoms with Crippen LogP contribution in [-0.2, 0) is 0 Å². The molecule has 0 spiro atoms. The van der Waals surface area contributed by atoms with Gasteiger partial charge in [0.1, 0.15) is 5.82 Å². The van der Waals surface area contributed by atoms with E-state index < -0.39 is 0 Å². The van der Waals surface area contributed by atoms with Gasteiger partial charge in [-0.15, -0.1) is 0 Å². The largest absolute Gasteiger partial charge is 0.369 e. The van der Waals surface area contributed by atoms with Gasteiger partial charge in [-0.05, 0) is 55.2 Å². The SMILES string of the molecule is Cc1ccc(N2CCC(CN3CC(C(C)C)C3)CC2)c(F)c1. The van der Waals surface area contributed by atoms with Crippen LogP contribution in [0.5, 0.6) is 0 Å². The first-order valence-electron chi connectivity index (χ1n) is 8.76. The summed E-state index contributed by atoms with van der Waals surface area (Å²) in [5, 5.41) is 0. The van der Waals surface area contributed by atoms with Crippen molar-refractivity contribution < 1.29 is 4.39 Å². The second-order valence-electron chi connectivity index (χ2n) is 7.61. The Hall–Kier alpha value is -1.09. The third-order valence-electron chi connectivity index (χ3n) is 5.50. The number of likely N-dealkylation sites (tertiary alicyclic amines) is 1. The number of anilines is 1. The molecule has 0 aromatic heterocycles. The summed E-state index contributed by atoms with van der Waals surface area (Å²) in [6, 6.07) is 5.60. The zero-order valence-electron chi connectivity index (χ0n) is 14.2. The molecule has 3 rings (SSSR count). The van der Waals surface area contributed by atoms with Crippen molar-refractivity contribution in [1.82, 2.24) is 4.90 Å². The minimum Gasteiger partial charge on any atom is -0.369 e. The lowest BCUT2D eigenvalue weighted by Gasteiger charge is -2.44. The average Bonchev–Trinajstić information content (AvgIpc) is 2.43. The quantitative estimate of drug-likeness (QED) is 0.831. The smallest absolute Gasteiger partial charge is 0.146 e. The summed E-state index contributed by atoms with van der Waals surface area (Å²) >= 11 is 0. The molecule has 122 valence electrons. The molecule has 0 N–H and O–H groups in total. The number of hydrogen-bond acceptors (Lipinski definition) is 2. The van der Waals surface area contributed by atoms with Crippen molar-refractivity contribution in [2.24, 2.45) is 17.8 Å². The minimum absolute atomic E-state index is 0.0685. The Morgan fingerprint density at radius 3 is 2.45 bits per heavy atom. The lowest BCUT2D eigenvalue weighted by atomic mass is 9.86. The molecule has 1 aromatic carbocycles. The van der Waals surface area contributed by atoms with E-state index in [0.717, 1.165) is 42.1 Å². The molecule has 0 aliphatic carbocycles. The van der Waals surface area contributed by atoms with Crippen LogP contribution in [0.1, 0.15) is 32.3 Å². The van der Waals surface area contributed by atoms with Gasteiger partial charge < -0.3 is 9.80 Å². The number of rotatable bonds is 4. The van der Waals surface area contributed by atoms with E-state index in [1.807, 2.05) is 19.1 Å². The van der Waals surface area contributed by atoms with Crippen molar-refractivity contribution >= 4 is 5.69 Å². The molecule has 0 unspecified atom stereocenters. The number of nitrogens with zero attached hydrogens (tertiary/aromatic N) is 2. The fourth-order valence-electron chi connectivity index (χ4n) is 3.77. The van der Waals surface area contributed by atoms with Gasteiger partial charge in [-0.2, -0.15) is 0 Å². The van der Waals surface area contributed by atoms with Crippen LogP contribution in [-0.4, -0.2) is 37.6 Å². The summed E-state index contributed by atoms with van der Waals surface area (Å²) in [7, 11) is 0. The van der Waals surface area contributed by atoms with Gasteiger partial charge >= 0.3 is 0 Å². The topological polar surface area (TPSA) is 6.48 Å². The summed E-state index contributed by atoms with van der Waals surface area (Å²) in [6.45, 7) is 12.4. The molecule has 0 amide bonds. The van der Waals surface area contributed by atoms with Crippen molar-refractivity contribution in [3.8, 4) is 0 Å². The van der Waals surface area contributed by atoms with Crippen molar-refractivity contribution in [1.29, 1.82) is 0 Å². The van der Waals surface area contributed by atoms with Gasteiger partial charge in [0.05, 0.1) is 5.69 Å². The zero-order chi connectivity index (χ0) is 15.7. The maximum atomic E-state index is 14.1. The minimum atomic E-state index is -0.0685. The molecule has 2 aliphatic heterocycles. The Morgan fingerprint density at radius 1 is 1.18 bits per heavy atom. The summed E-state index contributed by atoms with van der Waals surface area (Å²) in [4.78, 5) is 4.83. The predicted octanol–water partition coefficient (Wildman–Crippen LogP) is 3.94. The third kappa shape index (κ3) is 3.45. The highest BCUT2D eigenvalue weighted by atomic mass is 19.1. The van der Waals surface area contributed by atoms with E-state index in [-0.39, 0.29) is 5.82 Å². The van der Waals surface area contributed by atoms with E-state index in [1.54, 1.807) is 6.07 Å². The molecule has 2 aliphatic rings. The fourth-order valence-corrected chi connectivity index (χ4v) is 3.77. The van der Waals surface area contributed by atoms with Crippen molar-refractivity contribution in [2.75, 3.05) is 37.6 Å². The maximum Gasteiger partial charge on any atom is 0.146 e. The van der Waals surface area contributed by atoms with Crippen LogP contribution >= 0.6 is 0 Å². The van der Waals surface area contributed by atoms with E-state index >= 15 is 0 Å². The van der Waals surface area contributed by atoms with Gasteiger partial charge in [0.25, 0.3) is 0 Å².